The molecular formula is C43H78N14O14. The van der Waals surface area contributed by atoms with Gasteiger partial charge < -0.3 is 90.8 Å². The first-order valence-corrected chi connectivity index (χ1v) is 23.5. The van der Waals surface area contributed by atoms with Gasteiger partial charge in [0.05, 0.1) is 31.4 Å². The number of hydrogen-bond donors (Lipinski definition) is 18. The van der Waals surface area contributed by atoms with Gasteiger partial charge in [-0.05, 0) is 49.9 Å². The van der Waals surface area contributed by atoms with E-state index in [1.54, 1.807) is 41.5 Å². The summed E-state index contributed by atoms with van der Waals surface area (Å²) in [5.41, 5.74) is 17.0. The molecule has 1 aliphatic rings. The van der Waals surface area contributed by atoms with E-state index >= 15 is 0 Å². The van der Waals surface area contributed by atoms with Crippen molar-refractivity contribution in [1.29, 1.82) is 5.41 Å². The van der Waals surface area contributed by atoms with E-state index in [1.807, 2.05) is 5.32 Å². The summed E-state index contributed by atoms with van der Waals surface area (Å²) in [5.74, 6) is -14.1. The zero-order chi connectivity index (χ0) is 54.6. The molecule has 21 N–H and O–H groups in total. The number of amides is 10. The summed E-state index contributed by atoms with van der Waals surface area (Å²) in [7, 11) is 0. The van der Waals surface area contributed by atoms with Crippen molar-refractivity contribution in [1.82, 2.24) is 53.2 Å². The Morgan fingerprint density at radius 2 is 1.17 bits per heavy atom. The quantitative estimate of drug-likeness (QED) is 0.0412. The first-order chi connectivity index (χ1) is 33.0. The van der Waals surface area contributed by atoms with Crippen LogP contribution in [-0.2, 0) is 47.9 Å². The van der Waals surface area contributed by atoms with E-state index in [0.717, 1.165) is 6.92 Å². The summed E-state index contributed by atoms with van der Waals surface area (Å²) in [6, 6.07) is -15.0. The van der Waals surface area contributed by atoms with E-state index in [-0.39, 0.29) is 44.1 Å². The monoisotopic (exact) mass is 1010 g/mol. The Balaban J connectivity index is 4.04. The molecule has 0 radical (unpaired) electrons. The average Bonchev–Trinajstić information content (AvgIpc) is 3.29. The number of carbonyl (C=O) groups is 10. The van der Waals surface area contributed by atoms with E-state index in [2.05, 4.69) is 47.9 Å². The smallest absolute Gasteiger partial charge is 0.248 e. The second-order valence-corrected chi connectivity index (χ2v) is 18.7. The minimum Gasteiger partial charge on any atom is -0.394 e. The summed E-state index contributed by atoms with van der Waals surface area (Å²) in [5, 5.41) is 73.8. The molecule has 0 aromatic rings. The highest BCUT2D eigenvalue weighted by molar-refractivity contribution is 5.99. The average molecular weight is 1020 g/mol. The zero-order valence-corrected chi connectivity index (χ0v) is 41.8. The maximum atomic E-state index is 14.2. The minimum atomic E-state index is -2.45. The number of aliphatic hydroxyl groups excluding tert-OH is 4. The fourth-order valence-corrected chi connectivity index (χ4v) is 7.09. The van der Waals surface area contributed by atoms with Crippen molar-refractivity contribution in [3.63, 3.8) is 0 Å². The van der Waals surface area contributed by atoms with Crippen LogP contribution >= 0.6 is 0 Å². The number of nitrogens with one attached hydrogen (secondary N) is 11. The Hall–Kier alpha value is -6.23. The highest BCUT2D eigenvalue weighted by atomic mass is 16.3. The van der Waals surface area contributed by atoms with Crippen LogP contribution in [0.15, 0.2) is 0 Å². The Morgan fingerprint density at radius 1 is 0.662 bits per heavy atom. The molecule has 1 fully saturated rings. The third-order valence-corrected chi connectivity index (χ3v) is 11.6. The highest BCUT2D eigenvalue weighted by Gasteiger charge is 2.40. The Labute approximate surface area is 412 Å². The van der Waals surface area contributed by atoms with Crippen LogP contribution < -0.4 is 70.4 Å². The number of carbonyl (C=O) groups excluding carboxylic acids is 10. The molecule has 28 heteroatoms. The number of nitrogens with two attached hydrogens (primary N) is 3. The lowest BCUT2D eigenvalue weighted by Gasteiger charge is -2.33. The molecular weight excluding hydrogens is 937 g/mol. The van der Waals surface area contributed by atoms with Crippen LogP contribution in [0.3, 0.4) is 0 Å². The van der Waals surface area contributed by atoms with Gasteiger partial charge in [0.2, 0.25) is 59.1 Å². The lowest BCUT2D eigenvalue weighted by Crippen LogP contribution is -2.66. The van der Waals surface area contributed by atoms with Crippen molar-refractivity contribution in [2.24, 2.45) is 40.9 Å². The van der Waals surface area contributed by atoms with Gasteiger partial charge in [-0.15, -0.1) is 0 Å². The van der Waals surface area contributed by atoms with E-state index in [0.29, 0.717) is 0 Å². The van der Waals surface area contributed by atoms with Crippen molar-refractivity contribution >= 4 is 65.0 Å². The van der Waals surface area contributed by atoms with Crippen LogP contribution in [0.4, 0.5) is 0 Å². The number of rotatable bonds is 15. The summed E-state index contributed by atoms with van der Waals surface area (Å²) < 4.78 is 0. The second kappa shape index (κ2) is 29.8. The molecule has 0 spiro atoms. The summed E-state index contributed by atoms with van der Waals surface area (Å²) in [6.45, 7) is 12.0. The second-order valence-electron chi connectivity index (χ2n) is 18.7. The Kier molecular flexibility index (Phi) is 26.4. The molecule has 71 heavy (non-hydrogen) atoms. The molecule has 28 nitrogen and oxygen atoms in total. The molecule has 3 unspecified atom stereocenters. The van der Waals surface area contributed by atoms with Crippen LogP contribution in [0.1, 0.15) is 88.0 Å². The van der Waals surface area contributed by atoms with Crippen molar-refractivity contribution in [3.05, 3.63) is 0 Å². The predicted octanol–water partition coefficient (Wildman–Crippen LogP) is -7.43. The first kappa shape index (κ1) is 62.8. The molecule has 1 rings (SSSR count). The van der Waals surface area contributed by atoms with Gasteiger partial charge in [0.15, 0.2) is 12.1 Å². The Bertz CT molecular complexity index is 1890. The van der Waals surface area contributed by atoms with Crippen molar-refractivity contribution in [3.8, 4) is 0 Å². The third kappa shape index (κ3) is 20.2. The topological polar surface area (TPSA) is 474 Å². The molecule has 1 heterocycles. The molecule has 1 saturated heterocycles. The molecule has 0 aliphatic carbocycles. The van der Waals surface area contributed by atoms with E-state index < -0.39 is 163 Å². The van der Waals surface area contributed by atoms with Gasteiger partial charge in [-0.2, -0.15) is 0 Å². The van der Waals surface area contributed by atoms with Gasteiger partial charge in [-0.3, -0.25) is 53.4 Å². The summed E-state index contributed by atoms with van der Waals surface area (Å²) in [6.07, 6.45) is -5.46. The number of primary amides is 1. The normalized spacial score (nSPS) is 27.4. The van der Waals surface area contributed by atoms with Crippen molar-refractivity contribution in [2.45, 2.75) is 161 Å². The largest absolute Gasteiger partial charge is 0.394 e. The number of hydrogen-bond acceptors (Lipinski definition) is 16. The van der Waals surface area contributed by atoms with E-state index in [4.69, 9.17) is 22.6 Å². The number of guanidine groups is 1. The summed E-state index contributed by atoms with van der Waals surface area (Å²) >= 11 is 0. The molecule has 13 atom stereocenters. The summed E-state index contributed by atoms with van der Waals surface area (Å²) in [4.78, 5) is 136. The van der Waals surface area contributed by atoms with E-state index in [9.17, 15) is 68.4 Å². The molecule has 10 amide bonds. The molecule has 0 aromatic carbocycles. The van der Waals surface area contributed by atoms with Gasteiger partial charge in [0.1, 0.15) is 48.3 Å². The third-order valence-electron chi connectivity index (χ3n) is 11.6. The minimum absolute atomic E-state index is 0.0373. The molecule has 1 aliphatic heterocycles. The van der Waals surface area contributed by atoms with Gasteiger partial charge >= 0.3 is 0 Å². The molecule has 0 saturated carbocycles. The first-order valence-electron chi connectivity index (χ1n) is 23.5. The standard InChI is InChI=1S/C43H78N14O14/c1-10-20(8)28-40(69)56-29(21(9)59)39(68)49-15-25(60)53-31(33(62)34(45)63)42(71)52-24(16-58)37(66)54-27(18(4)5)26(44)38(67)57-30(32(61)19(6)7)41(70)51-23(14-17(2)3)36(65)50-22(35(64)55-28)12-11-13-48-43(46)47/h17-24,26-33,58-59,61-62H,10-16,44H2,1-9H3,(H2,45,63)(H,49,68)(H,50,65)(H,51,70)(H,52,71)(H,53,60)(H,54,66)(H,55,64)(H,56,69)(H,57,67)(H4,46,47,48)/t20-,21-,22+,23-,24?,26-,27?,28-,29-,30-,31?,32+,33-/m0/s1. The maximum absolute atomic E-state index is 14.2. The molecule has 0 aromatic heterocycles. The maximum Gasteiger partial charge on any atom is 0.248 e. The fourth-order valence-electron chi connectivity index (χ4n) is 7.09. The SMILES string of the molecule is CC[C@H](C)[C@@H]1NC(=O)[C@@H](CCCNC(=N)N)NC(=O)[C@H](CC(C)C)NC(=O)[C@H]([C@H](O)C(C)C)NC(=O)[C@@H](N)C(C(C)C)NC(=O)C(CO)NC(=O)C([C@H](O)C(N)=O)NC(=O)CNC(=O)[C@H]([C@H](C)O)NC1=O. The van der Waals surface area contributed by atoms with Gasteiger partial charge in [0, 0.05) is 6.54 Å². The number of aliphatic hydroxyl groups is 4. The van der Waals surface area contributed by atoms with Gasteiger partial charge in [-0.25, -0.2) is 0 Å². The fraction of sp³-hybridized carbons (Fsp3) is 0.744. The van der Waals surface area contributed by atoms with Crippen molar-refractivity contribution in [2.75, 3.05) is 19.7 Å². The highest BCUT2D eigenvalue weighted by Crippen LogP contribution is 2.15. The van der Waals surface area contributed by atoms with Gasteiger partial charge in [0.25, 0.3) is 0 Å². The lowest BCUT2D eigenvalue weighted by molar-refractivity contribution is -0.140. The molecule has 404 valence electrons. The lowest BCUT2D eigenvalue weighted by atomic mass is 9.94. The zero-order valence-electron chi connectivity index (χ0n) is 41.8. The van der Waals surface area contributed by atoms with Crippen molar-refractivity contribution < 1.29 is 68.4 Å². The predicted molar refractivity (Wildman–Crippen MR) is 254 cm³/mol. The van der Waals surface area contributed by atoms with E-state index in [1.165, 1.54) is 13.8 Å². The van der Waals surface area contributed by atoms with Crippen LogP contribution in [0, 0.1) is 29.1 Å². The molecule has 0 bridgehead atoms. The Morgan fingerprint density at radius 3 is 1.68 bits per heavy atom. The van der Waals surface area contributed by atoms with Crippen LogP contribution in [-0.4, -0.2) is 178 Å². The van der Waals surface area contributed by atoms with Crippen LogP contribution in [0.5, 0.6) is 0 Å². The van der Waals surface area contributed by atoms with Crippen LogP contribution in [0.25, 0.3) is 0 Å². The van der Waals surface area contributed by atoms with Gasteiger partial charge in [-0.1, -0.05) is 61.8 Å². The van der Waals surface area contributed by atoms with Crippen LogP contribution in [0.2, 0.25) is 0 Å².